The molecule has 22 heavy (non-hydrogen) atoms. The van der Waals surface area contributed by atoms with Crippen molar-refractivity contribution in [3.8, 4) is 0 Å². The van der Waals surface area contributed by atoms with Crippen molar-refractivity contribution in [3.63, 3.8) is 0 Å². The minimum Gasteiger partial charge on any atom is -0.469 e. The summed E-state index contributed by atoms with van der Waals surface area (Å²) >= 11 is 0. The van der Waals surface area contributed by atoms with Crippen LogP contribution in [0.25, 0.3) is 0 Å². The van der Waals surface area contributed by atoms with Gasteiger partial charge in [-0.3, -0.25) is 4.79 Å². The number of rotatable bonds is 4. The number of hydrogen-bond donors (Lipinski definition) is 0. The SMILES string of the molecule is COC(=O)C1CCC(N(C)C(=O)OCc2ccccc2)CC1. The zero-order chi connectivity index (χ0) is 15.9. The molecule has 0 aromatic heterocycles. The van der Waals surface area contributed by atoms with Gasteiger partial charge in [0.25, 0.3) is 0 Å². The summed E-state index contributed by atoms with van der Waals surface area (Å²) in [5.74, 6) is -0.178. The highest BCUT2D eigenvalue weighted by Gasteiger charge is 2.30. The second-order valence-electron chi connectivity index (χ2n) is 5.68. The molecule has 1 fully saturated rings. The highest BCUT2D eigenvalue weighted by Crippen LogP contribution is 2.28. The van der Waals surface area contributed by atoms with Crippen LogP contribution in [0.2, 0.25) is 0 Å². The van der Waals surface area contributed by atoms with E-state index in [0.717, 1.165) is 31.2 Å². The van der Waals surface area contributed by atoms with Crippen LogP contribution in [0.3, 0.4) is 0 Å². The molecule has 0 radical (unpaired) electrons. The standard InChI is InChI=1S/C17H23NO4/c1-18(15-10-8-14(9-11-15)16(19)21-2)17(20)22-12-13-6-4-3-5-7-13/h3-7,14-15H,8-12H2,1-2H3. The quantitative estimate of drug-likeness (QED) is 0.802. The smallest absolute Gasteiger partial charge is 0.410 e. The summed E-state index contributed by atoms with van der Waals surface area (Å²) in [7, 11) is 3.18. The molecule has 0 saturated heterocycles. The topological polar surface area (TPSA) is 55.8 Å². The van der Waals surface area contributed by atoms with Gasteiger partial charge in [-0.1, -0.05) is 30.3 Å². The average Bonchev–Trinajstić information content (AvgIpc) is 2.59. The van der Waals surface area contributed by atoms with Crippen LogP contribution in [0.5, 0.6) is 0 Å². The molecule has 0 spiro atoms. The van der Waals surface area contributed by atoms with E-state index in [0.29, 0.717) is 0 Å². The number of hydrogen-bond acceptors (Lipinski definition) is 4. The molecule has 2 rings (SSSR count). The van der Waals surface area contributed by atoms with Crippen molar-refractivity contribution in [2.45, 2.75) is 38.3 Å². The molecule has 5 heteroatoms. The molecule has 1 aliphatic carbocycles. The maximum absolute atomic E-state index is 12.1. The molecule has 0 unspecified atom stereocenters. The maximum atomic E-state index is 12.1. The Morgan fingerprint density at radius 1 is 1.14 bits per heavy atom. The molecule has 0 N–H and O–H groups in total. The fraction of sp³-hybridized carbons (Fsp3) is 0.529. The Kier molecular flexibility index (Phi) is 5.81. The number of carbonyl (C=O) groups is 2. The average molecular weight is 305 g/mol. The van der Waals surface area contributed by atoms with Gasteiger partial charge >= 0.3 is 12.1 Å². The summed E-state index contributed by atoms with van der Waals surface area (Å²) in [6.45, 7) is 0.279. The number of esters is 1. The van der Waals surface area contributed by atoms with Crippen LogP contribution in [0.4, 0.5) is 4.79 Å². The first-order valence-corrected chi connectivity index (χ1v) is 7.63. The highest BCUT2D eigenvalue weighted by atomic mass is 16.6. The minimum atomic E-state index is -0.314. The van der Waals surface area contributed by atoms with Crippen LogP contribution in [-0.4, -0.2) is 37.2 Å². The van der Waals surface area contributed by atoms with Crippen LogP contribution < -0.4 is 0 Å². The fourth-order valence-corrected chi connectivity index (χ4v) is 2.84. The molecule has 0 aliphatic heterocycles. The molecule has 1 amide bonds. The normalized spacial score (nSPS) is 21.0. The first kappa shape index (κ1) is 16.3. The lowest BCUT2D eigenvalue weighted by atomic mass is 9.85. The van der Waals surface area contributed by atoms with Gasteiger partial charge < -0.3 is 14.4 Å². The van der Waals surface area contributed by atoms with Gasteiger partial charge in [0, 0.05) is 13.1 Å². The van der Waals surface area contributed by atoms with Crippen LogP contribution in [0, 0.1) is 5.92 Å². The zero-order valence-electron chi connectivity index (χ0n) is 13.2. The van der Waals surface area contributed by atoms with E-state index in [-0.39, 0.29) is 30.6 Å². The molecule has 1 aliphatic rings. The fourth-order valence-electron chi connectivity index (χ4n) is 2.84. The summed E-state index contributed by atoms with van der Waals surface area (Å²) in [6.07, 6.45) is 2.81. The van der Waals surface area contributed by atoms with Crippen LogP contribution in [-0.2, 0) is 20.9 Å². The summed E-state index contributed by atoms with van der Waals surface area (Å²) in [6, 6.07) is 9.74. The molecule has 1 aromatic rings. The first-order chi connectivity index (χ1) is 10.6. The molecular weight excluding hydrogens is 282 g/mol. The van der Waals surface area contributed by atoms with Gasteiger partial charge in [0.2, 0.25) is 0 Å². The Morgan fingerprint density at radius 3 is 2.36 bits per heavy atom. The molecule has 0 heterocycles. The Bertz CT molecular complexity index is 495. The summed E-state index contributed by atoms with van der Waals surface area (Å²) in [4.78, 5) is 25.3. The number of ether oxygens (including phenoxy) is 2. The van der Waals surface area contributed by atoms with Crippen molar-refractivity contribution < 1.29 is 19.1 Å². The number of benzene rings is 1. The molecule has 0 atom stereocenters. The molecule has 0 bridgehead atoms. The van der Waals surface area contributed by atoms with Crippen molar-refractivity contribution in [1.82, 2.24) is 4.90 Å². The second-order valence-corrected chi connectivity index (χ2v) is 5.68. The Hall–Kier alpha value is -2.04. The summed E-state index contributed by atoms with van der Waals surface area (Å²) in [5, 5.41) is 0. The van der Waals surface area contributed by atoms with E-state index in [1.165, 1.54) is 7.11 Å². The van der Waals surface area contributed by atoms with E-state index in [2.05, 4.69) is 0 Å². The number of amides is 1. The predicted octanol–water partition coefficient (Wildman–Crippen LogP) is 2.99. The van der Waals surface area contributed by atoms with E-state index >= 15 is 0 Å². The lowest BCUT2D eigenvalue weighted by Crippen LogP contribution is -2.40. The number of nitrogens with zero attached hydrogens (tertiary/aromatic N) is 1. The van der Waals surface area contributed by atoms with Gasteiger partial charge in [0.15, 0.2) is 0 Å². The monoisotopic (exact) mass is 305 g/mol. The van der Waals surface area contributed by atoms with Gasteiger partial charge in [-0.15, -0.1) is 0 Å². The van der Waals surface area contributed by atoms with Crippen LogP contribution in [0.15, 0.2) is 30.3 Å². The van der Waals surface area contributed by atoms with Gasteiger partial charge in [-0.2, -0.15) is 0 Å². The summed E-state index contributed by atoms with van der Waals surface area (Å²) in [5.41, 5.74) is 0.971. The molecule has 120 valence electrons. The third-order valence-electron chi connectivity index (χ3n) is 4.27. The van der Waals surface area contributed by atoms with Crippen molar-refractivity contribution in [3.05, 3.63) is 35.9 Å². The van der Waals surface area contributed by atoms with Gasteiger partial charge in [-0.25, -0.2) is 4.79 Å². The van der Waals surface area contributed by atoms with E-state index in [1.54, 1.807) is 11.9 Å². The van der Waals surface area contributed by atoms with Crippen molar-refractivity contribution in [1.29, 1.82) is 0 Å². The van der Waals surface area contributed by atoms with Gasteiger partial charge in [0.1, 0.15) is 6.61 Å². The molecular formula is C17H23NO4. The number of carbonyl (C=O) groups excluding carboxylic acids is 2. The van der Waals surface area contributed by atoms with Gasteiger partial charge in [0.05, 0.1) is 13.0 Å². The largest absolute Gasteiger partial charge is 0.469 e. The zero-order valence-corrected chi connectivity index (χ0v) is 13.2. The third-order valence-corrected chi connectivity index (χ3v) is 4.27. The highest BCUT2D eigenvalue weighted by molar-refractivity contribution is 5.72. The second kappa shape index (κ2) is 7.82. The van der Waals surface area contributed by atoms with E-state index in [4.69, 9.17) is 9.47 Å². The van der Waals surface area contributed by atoms with Crippen LogP contribution in [0.1, 0.15) is 31.2 Å². The molecule has 5 nitrogen and oxygen atoms in total. The molecule has 1 aromatic carbocycles. The lowest BCUT2D eigenvalue weighted by Gasteiger charge is -2.33. The van der Waals surface area contributed by atoms with Gasteiger partial charge in [-0.05, 0) is 31.2 Å². The minimum absolute atomic E-state index is 0.0324. The van der Waals surface area contributed by atoms with E-state index in [1.807, 2.05) is 30.3 Å². The van der Waals surface area contributed by atoms with Crippen molar-refractivity contribution >= 4 is 12.1 Å². The van der Waals surface area contributed by atoms with Crippen LogP contribution >= 0.6 is 0 Å². The summed E-state index contributed by atoms with van der Waals surface area (Å²) < 4.78 is 10.1. The van der Waals surface area contributed by atoms with Crippen molar-refractivity contribution in [2.24, 2.45) is 5.92 Å². The molecule has 1 saturated carbocycles. The third kappa shape index (κ3) is 4.23. The predicted molar refractivity (Wildman–Crippen MR) is 82.2 cm³/mol. The Balaban J connectivity index is 1.78. The number of methoxy groups -OCH3 is 1. The lowest BCUT2D eigenvalue weighted by molar-refractivity contribution is -0.146. The maximum Gasteiger partial charge on any atom is 0.410 e. The first-order valence-electron chi connectivity index (χ1n) is 7.63. The van der Waals surface area contributed by atoms with E-state index < -0.39 is 0 Å². The van der Waals surface area contributed by atoms with Crippen molar-refractivity contribution in [2.75, 3.05) is 14.2 Å². The van der Waals surface area contributed by atoms with E-state index in [9.17, 15) is 9.59 Å². The Morgan fingerprint density at radius 2 is 1.77 bits per heavy atom. The Labute approximate surface area is 131 Å².